The second kappa shape index (κ2) is 4.63. The number of hydrogen-bond donors (Lipinski definition) is 0. The Morgan fingerprint density at radius 2 is 2.00 bits per heavy atom. The van der Waals surface area contributed by atoms with Crippen LogP contribution in [0.5, 0.6) is 0 Å². The molecule has 2 rings (SSSR count). The van der Waals surface area contributed by atoms with Crippen LogP contribution in [0.2, 0.25) is 5.02 Å². The fourth-order valence-electron chi connectivity index (χ4n) is 1.82. The summed E-state index contributed by atoms with van der Waals surface area (Å²) < 4.78 is 37.5. The number of hydrogen-bond acceptors (Lipinski definition) is 1. The summed E-state index contributed by atoms with van der Waals surface area (Å²) in [5, 5.41) is -0.746. The van der Waals surface area contributed by atoms with Gasteiger partial charge in [-0.3, -0.25) is 4.79 Å². The smallest absolute Gasteiger partial charge is 0.311 e. The SMILES string of the molecule is O=C1CC(Cl)CN1c1ccc(C(F)(F)F)c(Cl)c1. The van der Waals surface area contributed by atoms with Crippen molar-refractivity contribution in [3.05, 3.63) is 28.8 Å². The minimum Gasteiger partial charge on any atom is -0.311 e. The summed E-state index contributed by atoms with van der Waals surface area (Å²) in [6.45, 7) is 0.280. The molecule has 0 aromatic heterocycles. The van der Waals surface area contributed by atoms with Crippen LogP contribution in [0.3, 0.4) is 0 Å². The molecule has 0 saturated carbocycles. The molecule has 1 aromatic carbocycles. The van der Waals surface area contributed by atoms with Crippen molar-refractivity contribution < 1.29 is 18.0 Å². The molecule has 1 aliphatic rings. The molecule has 1 atom stereocenters. The summed E-state index contributed by atoms with van der Waals surface area (Å²) in [6.07, 6.45) is -4.32. The monoisotopic (exact) mass is 297 g/mol. The molecule has 0 bridgehead atoms. The lowest BCUT2D eigenvalue weighted by molar-refractivity contribution is -0.137. The van der Waals surface area contributed by atoms with E-state index in [-0.39, 0.29) is 24.2 Å². The molecule has 1 unspecified atom stereocenters. The predicted molar refractivity (Wildman–Crippen MR) is 63.1 cm³/mol. The second-order valence-corrected chi connectivity index (χ2v) is 4.99. The Morgan fingerprint density at radius 1 is 1.33 bits per heavy atom. The van der Waals surface area contributed by atoms with E-state index in [2.05, 4.69) is 0 Å². The van der Waals surface area contributed by atoms with E-state index < -0.39 is 16.8 Å². The molecule has 1 saturated heterocycles. The van der Waals surface area contributed by atoms with Crippen molar-refractivity contribution in [2.45, 2.75) is 18.0 Å². The van der Waals surface area contributed by atoms with Gasteiger partial charge in [0.15, 0.2) is 0 Å². The lowest BCUT2D eigenvalue weighted by atomic mass is 10.2. The van der Waals surface area contributed by atoms with Gasteiger partial charge in [-0.05, 0) is 18.2 Å². The van der Waals surface area contributed by atoms with Gasteiger partial charge in [-0.25, -0.2) is 0 Å². The van der Waals surface area contributed by atoms with E-state index in [0.29, 0.717) is 5.69 Å². The summed E-state index contributed by atoms with van der Waals surface area (Å²) in [7, 11) is 0. The number of amides is 1. The fourth-order valence-corrected chi connectivity index (χ4v) is 2.37. The van der Waals surface area contributed by atoms with Gasteiger partial charge in [0, 0.05) is 18.7 Å². The van der Waals surface area contributed by atoms with Crippen molar-refractivity contribution in [2.24, 2.45) is 0 Å². The van der Waals surface area contributed by atoms with Crippen molar-refractivity contribution >= 4 is 34.8 Å². The van der Waals surface area contributed by atoms with Crippen LogP contribution in [0.1, 0.15) is 12.0 Å². The third-order valence-electron chi connectivity index (χ3n) is 2.65. The molecule has 1 aromatic rings. The van der Waals surface area contributed by atoms with Gasteiger partial charge in [0.05, 0.1) is 16.0 Å². The highest BCUT2D eigenvalue weighted by Gasteiger charge is 2.34. The zero-order chi connectivity index (χ0) is 13.5. The lowest BCUT2D eigenvalue weighted by Gasteiger charge is -2.17. The van der Waals surface area contributed by atoms with Crippen LogP contribution in [-0.2, 0) is 11.0 Å². The first-order valence-corrected chi connectivity index (χ1v) is 5.91. The van der Waals surface area contributed by atoms with Crippen LogP contribution < -0.4 is 4.90 Å². The third-order valence-corrected chi connectivity index (χ3v) is 3.25. The molecule has 1 heterocycles. The number of carbonyl (C=O) groups is 1. The molecule has 0 radical (unpaired) electrons. The quantitative estimate of drug-likeness (QED) is 0.724. The summed E-state index contributed by atoms with van der Waals surface area (Å²) in [5.74, 6) is -0.217. The fraction of sp³-hybridized carbons (Fsp3) is 0.364. The minimum atomic E-state index is -4.50. The number of halogens is 5. The first kappa shape index (κ1) is 13.5. The van der Waals surface area contributed by atoms with Crippen molar-refractivity contribution in [1.82, 2.24) is 0 Å². The molecule has 0 N–H and O–H groups in total. The number of alkyl halides is 4. The summed E-state index contributed by atoms with van der Waals surface area (Å²) in [6, 6.07) is 3.23. The Bertz CT molecular complexity index is 490. The maximum Gasteiger partial charge on any atom is 0.417 e. The first-order chi connectivity index (χ1) is 8.29. The molecule has 1 amide bonds. The van der Waals surface area contributed by atoms with E-state index in [1.165, 1.54) is 11.0 Å². The number of rotatable bonds is 1. The van der Waals surface area contributed by atoms with Crippen LogP contribution in [0, 0.1) is 0 Å². The van der Waals surface area contributed by atoms with Gasteiger partial charge in [-0.2, -0.15) is 13.2 Å². The predicted octanol–water partition coefficient (Wildman–Crippen LogP) is 3.70. The highest BCUT2D eigenvalue weighted by molar-refractivity contribution is 6.32. The summed E-state index contributed by atoms with van der Waals surface area (Å²) in [4.78, 5) is 12.9. The van der Waals surface area contributed by atoms with Gasteiger partial charge in [0.1, 0.15) is 0 Å². The normalized spacial score (nSPS) is 20.6. The zero-order valence-corrected chi connectivity index (χ0v) is 10.5. The Balaban J connectivity index is 2.32. The maximum absolute atomic E-state index is 12.5. The van der Waals surface area contributed by atoms with E-state index >= 15 is 0 Å². The van der Waals surface area contributed by atoms with Crippen LogP contribution in [0.4, 0.5) is 18.9 Å². The molecule has 0 aliphatic carbocycles. The van der Waals surface area contributed by atoms with Crippen LogP contribution >= 0.6 is 23.2 Å². The van der Waals surface area contributed by atoms with Crippen LogP contribution in [0.25, 0.3) is 0 Å². The second-order valence-electron chi connectivity index (χ2n) is 3.97. The largest absolute Gasteiger partial charge is 0.417 e. The lowest BCUT2D eigenvalue weighted by Crippen LogP contribution is -2.24. The first-order valence-electron chi connectivity index (χ1n) is 5.10. The van der Waals surface area contributed by atoms with Gasteiger partial charge in [0.25, 0.3) is 0 Å². The minimum absolute atomic E-state index is 0.181. The highest BCUT2D eigenvalue weighted by atomic mass is 35.5. The molecule has 7 heteroatoms. The van der Waals surface area contributed by atoms with Gasteiger partial charge < -0.3 is 4.90 Å². The van der Waals surface area contributed by atoms with Gasteiger partial charge in [-0.1, -0.05) is 11.6 Å². The number of benzene rings is 1. The van der Waals surface area contributed by atoms with E-state index in [1.54, 1.807) is 0 Å². The van der Waals surface area contributed by atoms with E-state index in [9.17, 15) is 18.0 Å². The van der Waals surface area contributed by atoms with Crippen LogP contribution in [0.15, 0.2) is 18.2 Å². The maximum atomic E-state index is 12.5. The molecule has 18 heavy (non-hydrogen) atoms. The Labute approximate surface area is 111 Å². The molecule has 2 nitrogen and oxygen atoms in total. The Kier molecular flexibility index (Phi) is 3.47. The topological polar surface area (TPSA) is 20.3 Å². The van der Waals surface area contributed by atoms with Crippen molar-refractivity contribution in [3.63, 3.8) is 0 Å². The van der Waals surface area contributed by atoms with E-state index in [4.69, 9.17) is 23.2 Å². The average Bonchev–Trinajstić information content (AvgIpc) is 2.55. The Hall–Kier alpha value is -0.940. The number of anilines is 1. The highest BCUT2D eigenvalue weighted by Crippen LogP contribution is 2.37. The van der Waals surface area contributed by atoms with Crippen LogP contribution in [-0.4, -0.2) is 17.8 Å². The van der Waals surface area contributed by atoms with Crippen molar-refractivity contribution in [2.75, 3.05) is 11.4 Å². The summed E-state index contributed by atoms with van der Waals surface area (Å²) >= 11 is 11.4. The van der Waals surface area contributed by atoms with Gasteiger partial charge in [-0.15, -0.1) is 11.6 Å². The van der Waals surface area contributed by atoms with Crippen molar-refractivity contribution in [3.8, 4) is 0 Å². The van der Waals surface area contributed by atoms with Gasteiger partial charge in [0.2, 0.25) is 5.91 Å². The molecule has 1 fully saturated rings. The third kappa shape index (κ3) is 2.57. The standard InChI is InChI=1S/C11H8Cl2F3NO/c12-6-3-10(18)17(5-6)7-1-2-8(9(13)4-7)11(14,15)16/h1-2,4,6H,3,5H2. The molecular weight excluding hydrogens is 290 g/mol. The molecule has 98 valence electrons. The van der Waals surface area contributed by atoms with E-state index in [0.717, 1.165) is 12.1 Å². The van der Waals surface area contributed by atoms with E-state index in [1.807, 2.05) is 0 Å². The number of carbonyl (C=O) groups excluding carboxylic acids is 1. The summed E-state index contributed by atoms with van der Waals surface area (Å²) in [5.41, 5.74) is -0.580. The Morgan fingerprint density at radius 3 is 2.44 bits per heavy atom. The molecule has 1 aliphatic heterocycles. The molecule has 0 spiro atoms. The molecular formula is C11H8Cl2F3NO. The average molecular weight is 298 g/mol. The number of nitrogens with zero attached hydrogens (tertiary/aromatic N) is 1. The van der Waals surface area contributed by atoms with Crippen molar-refractivity contribution in [1.29, 1.82) is 0 Å². The zero-order valence-electron chi connectivity index (χ0n) is 8.97. The van der Waals surface area contributed by atoms with Gasteiger partial charge >= 0.3 is 6.18 Å².